The van der Waals surface area contributed by atoms with Crippen molar-refractivity contribution in [3.8, 4) is 21.1 Å². The summed E-state index contributed by atoms with van der Waals surface area (Å²) in [5, 5.41) is 14.7. The van der Waals surface area contributed by atoms with E-state index >= 15 is 0 Å². The third kappa shape index (κ3) is 2.99. The zero-order valence-corrected chi connectivity index (χ0v) is 14.0. The van der Waals surface area contributed by atoms with Crippen molar-refractivity contribution in [3.63, 3.8) is 0 Å². The summed E-state index contributed by atoms with van der Waals surface area (Å²) in [5.41, 5.74) is 2.96. The number of nitrogens with one attached hydrogen (secondary N) is 2. The zero-order chi connectivity index (χ0) is 16.4. The van der Waals surface area contributed by atoms with Crippen LogP contribution in [0.5, 0.6) is 0 Å². The highest BCUT2D eigenvalue weighted by Crippen LogP contribution is 2.25. The van der Waals surface area contributed by atoms with E-state index in [1.54, 1.807) is 34.9 Å². The summed E-state index contributed by atoms with van der Waals surface area (Å²) in [6, 6.07) is 13.3. The van der Waals surface area contributed by atoms with Crippen LogP contribution in [0.3, 0.4) is 0 Å². The number of anilines is 1. The van der Waals surface area contributed by atoms with Crippen molar-refractivity contribution >= 4 is 34.3 Å². The number of H-pyrrole nitrogens is 1. The first-order valence-electron chi connectivity index (χ1n) is 7.20. The molecule has 0 aliphatic carbocycles. The van der Waals surface area contributed by atoms with Gasteiger partial charge in [-0.15, -0.1) is 22.7 Å². The fraction of sp³-hybridized carbons (Fsp3) is 0. The average molecular weight is 352 g/mol. The molecule has 1 aromatic carbocycles. The number of hydrogen-bond acceptors (Lipinski definition) is 5. The number of thiophene rings is 1. The SMILES string of the molecule is O=C(Nc1ccc(-c2nccs2)cc1)c1cc(-c2cccs2)[nH]n1. The van der Waals surface area contributed by atoms with Gasteiger partial charge in [0.25, 0.3) is 5.91 Å². The lowest BCUT2D eigenvalue weighted by Gasteiger charge is -2.03. The molecule has 0 aliphatic heterocycles. The Balaban J connectivity index is 1.48. The molecule has 0 spiro atoms. The van der Waals surface area contributed by atoms with E-state index < -0.39 is 0 Å². The highest BCUT2D eigenvalue weighted by molar-refractivity contribution is 7.13. The third-order valence-electron chi connectivity index (χ3n) is 3.42. The van der Waals surface area contributed by atoms with Gasteiger partial charge in [-0.1, -0.05) is 6.07 Å². The maximum Gasteiger partial charge on any atom is 0.276 e. The minimum atomic E-state index is -0.240. The van der Waals surface area contributed by atoms with E-state index in [-0.39, 0.29) is 5.91 Å². The standard InChI is InChI=1S/C17H12N4OS2/c22-16(14-10-13(20-21-14)15-2-1-8-23-15)19-12-5-3-11(4-6-12)17-18-7-9-24-17/h1-10H,(H,19,22)(H,20,21). The number of carbonyl (C=O) groups is 1. The van der Waals surface area contributed by atoms with Crippen LogP contribution in [0.4, 0.5) is 5.69 Å². The summed E-state index contributed by atoms with van der Waals surface area (Å²) in [6.45, 7) is 0. The number of benzene rings is 1. The van der Waals surface area contributed by atoms with Crippen LogP contribution in [0.25, 0.3) is 21.1 Å². The maximum atomic E-state index is 12.3. The molecule has 4 aromatic rings. The molecule has 0 saturated carbocycles. The van der Waals surface area contributed by atoms with E-state index in [2.05, 4.69) is 20.5 Å². The van der Waals surface area contributed by atoms with Gasteiger partial charge in [0, 0.05) is 22.8 Å². The molecule has 3 heterocycles. The molecule has 0 bridgehead atoms. The highest BCUT2D eigenvalue weighted by Gasteiger charge is 2.12. The largest absolute Gasteiger partial charge is 0.321 e. The van der Waals surface area contributed by atoms with Crippen molar-refractivity contribution in [1.82, 2.24) is 15.2 Å². The van der Waals surface area contributed by atoms with E-state index in [9.17, 15) is 4.79 Å². The predicted molar refractivity (Wildman–Crippen MR) is 97.4 cm³/mol. The summed E-state index contributed by atoms with van der Waals surface area (Å²) in [5.74, 6) is -0.240. The quantitative estimate of drug-likeness (QED) is 0.567. The van der Waals surface area contributed by atoms with E-state index in [4.69, 9.17) is 0 Å². The maximum absolute atomic E-state index is 12.3. The molecule has 5 nitrogen and oxygen atoms in total. The van der Waals surface area contributed by atoms with Crippen LogP contribution in [0.2, 0.25) is 0 Å². The van der Waals surface area contributed by atoms with Crippen molar-refractivity contribution in [1.29, 1.82) is 0 Å². The third-order valence-corrected chi connectivity index (χ3v) is 5.14. The Labute approximate surface area is 146 Å². The van der Waals surface area contributed by atoms with Gasteiger partial charge in [-0.25, -0.2) is 4.98 Å². The van der Waals surface area contributed by atoms with Crippen LogP contribution in [-0.4, -0.2) is 21.1 Å². The van der Waals surface area contributed by atoms with E-state index in [1.165, 1.54) is 0 Å². The predicted octanol–water partition coefficient (Wildman–Crippen LogP) is 4.51. The summed E-state index contributed by atoms with van der Waals surface area (Å²) in [6.07, 6.45) is 1.78. The molecular formula is C17H12N4OS2. The van der Waals surface area contributed by atoms with Gasteiger partial charge in [-0.2, -0.15) is 5.10 Å². The number of carbonyl (C=O) groups excluding carboxylic acids is 1. The molecule has 0 unspecified atom stereocenters. The van der Waals surface area contributed by atoms with Crippen LogP contribution in [-0.2, 0) is 0 Å². The van der Waals surface area contributed by atoms with Crippen molar-refractivity contribution in [2.24, 2.45) is 0 Å². The molecule has 2 N–H and O–H groups in total. The molecule has 1 amide bonds. The first-order chi connectivity index (χ1) is 11.8. The molecule has 24 heavy (non-hydrogen) atoms. The smallest absolute Gasteiger partial charge is 0.276 e. The normalized spacial score (nSPS) is 10.7. The monoisotopic (exact) mass is 352 g/mol. The number of hydrogen-bond donors (Lipinski definition) is 2. The van der Waals surface area contributed by atoms with Crippen molar-refractivity contribution in [2.75, 3.05) is 5.32 Å². The Hall–Kier alpha value is -2.77. The second-order valence-corrected chi connectivity index (χ2v) is 6.86. The summed E-state index contributed by atoms with van der Waals surface area (Å²) >= 11 is 3.18. The average Bonchev–Trinajstić information content (AvgIpc) is 3.35. The Morgan fingerprint density at radius 1 is 1.08 bits per heavy atom. The van der Waals surface area contributed by atoms with Crippen LogP contribution in [0.1, 0.15) is 10.5 Å². The summed E-state index contributed by atoms with van der Waals surface area (Å²) in [7, 11) is 0. The van der Waals surface area contributed by atoms with Crippen LogP contribution >= 0.6 is 22.7 Å². The minimum Gasteiger partial charge on any atom is -0.321 e. The number of thiazole rings is 1. The van der Waals surface area contributed by atoms with Gasteiger partial charge in [0.1, 0.15) is 5.01 Å². The molecule has 0 atom stereocenters. The second-order valence-electron chi connectivity index (χ2n) is 5.01. The molecule has 0 saturated heterocycles. The fourth-order valence-corrected chi connectivity index (χ4v) is 3.59. The molecular weight excluding hydrogens is 340 g/mol. The van der Waals surface area contributed by atoms with Gasteiger partial charge in [0.05, 0.1) is 10.6 Å². The first kappa shape index (κ1) is 14.8. The van der Waals surface area contributed by atoms with Crippen molar-refractivity contribution in [3.05, 3.63) is 65.1 Å². The Morgan fingerprint density at radius 3 is 2.67 bits per heavy atom. The van der Waals surface area contributed by atoms with Gasteiger partial charge >= 0.3 is 0 Å². The van der Waals surface area contributed by atoms with E-state index in [1.807, 2.05) is 47.2 Å². The lowest BCUT2D eigenvalue weighted by molar-refractivity contribution is 0.102. The fourth-order valence-electron chi connectivity index (χ4n) is 2.25. The molecule has 0 radical (unpaired) electrons. The minimum absolute atomic E-state index is 0.240. The van der Waals surface area contributed by atoms with Gasteiger partial charge in [-0.3, -0.25) is 9.89 Å². The van der Waals surface area contributed by atoms with Crippen LogP contribution < -0.4 is 5.32 Å². The summed E-state index contributed by atoms with van der Waals surface area (Å²) < 4.78 is 0. The molecule has 3 aromatic heterocycles. The van der Waals surface area contributed by atoms with Crippen molar-refractivity contribution < 1.29 is 4.79 Å². The van der Waals surface area contributed by atoms with Gasteiger partial charge in [-0.05, 0) is 41.8 Å². The first-order valence-corrected chi connectivity index (χ1v) is 8.96. The van der Waals surface area contributed by atoms with E-state index in [0.717, 1.165) is 26.8 Å². The molecule has 118 valence electrons. The Bertz CT molecular complexity index is 941. The number of aromatic amines is 1. The number of amides is 1. The van der Waals surface area contributed by atoms with Crippen LogP contribution in [0.15, 0.2) is 59.4 Å². The van der Waals surface area contributed by atoms with Crippen LogP contribution in [0, 0.1) is 0 Å². The Kier molecular flexibility index (Phi) is 3.94. The lowest BCUT2D eigenvalue weighted by atomic mass is 10.2. The molecule has 0 aliphatic rings. The van der Waals surface area contributed by atoms with E-state index in [0.29, 0.717) is 5.69 Å². The van der Waals surface area contributed by atoms with Gasteiger partial charge in [0.2, 0.25) is 0 Å². The second kappa shape index (κ2) is 6.38. The number of rotatable bonds is 4. The topological polar surface area (TPSA) is 70.7 Å². The molecule has 0 fully saturated rings. The highest BCUT2D eigenvalue weighted by atomic mass is 32.1. The zero-order valence-electron chi connectivity index (χ0n) is 12.4. The number of aromatic nitrogens is 3. The van der Waals surface area contributed by atoms with Crippen molar-refractivity contribution in [2.45, 2.75) is 0 Å². The van der Waals surface area contributed by atoms with Gasteiger partial charge < -0.3 is 5.32 Å². The van der Waals surface area contributed by atoms with Gasteiger partial charge in [0.15, 0.2) is 5.69 Å². The number of nitrogens with zero attached hydrogens (tertiary/aromatic N) is 2. The molecule has 7 heteroatoms. The summed E-state index contributed by atoms with van der Waals surface area (Å²) in [4.78, 5) is 17.6. The lowest BCUT2D eigenvalue weighted by Crippen LogP contribution is -2.12. The molecule has 4 rings (SSSR count). The Morgan fingerprint density at radius 2 is 1.96 bits per heavy atom.